The highest BCUT2D eigenvalue weighted by Gasteiger charge is 1.99. The minimum absolute atomic E-state index is 0.256. The Morgan fingerprint density at radius 2 is 1.95 bits per heavy atom. The molecule has 0 aliphatic heterocycles. The lowest BCUT2D eigenvalue weighted by Crippen LogP contribution is -1.79. The number of nitrogens with one attached hydrogen (secondary N) is 1. The number of phenols is 1. The van der Waals surface area contributed by atoms with Gasteiger partial charge in [0.15, 0.2) is 0 Å². The van der Waals surface area contributed by atoms with E-state index in [2.05, 4.69) is 15.0 Å². The van der Waals surface area contributed by atoms with Crippen LogP contribution in [0, 0.1) is 6.92 Å². The number of H-pyrrole nitrogens is 1. The van der Waals surface area contributed by atoms with Gasteiger partial charge in [0.25, 0.3) is 0 Å². The SMILES string of the molecule is Cc1nc2ccc(N=Cc3ccc(O)cc3)cc2[nH]1. The van der Waals surface area contributed by atoms with E-state index in [1.54, 1.807) is 18.3 Å². The number of aromatic nitrogens is 2. The van der Waals surface area contributed by atoms with E-state index in [4.69, 9.17) is 0 Å². The van der Waals surface area contributed by atoms with Crippen LogP contribution in [0.1, 0.15) is 11.4 Å². The third-order valence-electron chi connectivity index (χ3n) is 2.84. The summed E-state index contributed by atoms with van der Waals surface area (Å²) in [6.45, 7) is 1.93. The Labute approximate surface area is 110 Å². The average Bonchev–Trinajstić information content (AvgIpc) is 2.77. The van der Waals surface area contributed by atoms with Gasteiger partial charge in [-0.1, -0.05) is 0 Å². The minimum atomic E-state index is 0.256. The number of aromatic amines is 1. The van der Waals surface area contributed by atoms with Gasteiger partial charge in [0.05, 0.1) is 16.7 Å². The molecule has 3 aromatic rings. The van der Waals surface area contributed by atoms with Crippen molar-refractivity contribution in [2.75, 3.05) is 0 Å². The van der Waals surface area contributed by atoms with Crippen molar-refractivity contribution >= 4 is 22.9 Å². The minimum Gasteiger partial charge on any atom is -0.508 e. The lowest BCUT2D eigenvalue weighted by molar-refractivity contribution is 0.475. The molecule has 0 aliphatic carbocycles. The van der Waals surface area contributed by atoms with Crippen LogP contribution in [0.15, 0.2) is 47.5 Å². The molecule has 4 heteroatoms. The van der Waals surface area contributed by atoms with Crippen molar-refractivity contribution in [1.82, 2.24) is 9.97 Å². The van der Waals surface area contributed by atoms with Crippen LogP contribution in [-0.2, 0) is 0 Å². The Bertz CT molecular complexity index is 742. The van der Waals surface area contributed by atoms with Gasteiger partial charge in [-0.05, 0) is 55.0 Å². The number of rotatable bonds is 2. The van der Waals surface area contributed by atoms with Crippen LogP contribution in [0.3, 0.4) is 0 Å². The number of hydrogen-bond acceptors (Lipinski definition) is 3. The molecule has 19 heavy (non-hydrogen) atoms. The number of fused-ring (bicyclic) bond motifs is 1. The van der Waals surface area contributed by atoms with Crippen LogP contribution < -0.4 is 0 Å². The molecule has 1 aromatic heterocycles. The summed E-state index contributed by atoms with van der Waals surface area (Å²) >= 11 is 0. The van der Waals surface area contributed by atoms with Crippen LogP contribution in [0.2, 0.25) is 0 Å². The molecule has 4 nitrogen and oxygen atoms in total. The van der Waals surface area contributed by atoms with E-state index in [0.29, 0.717) is 0 Å². The molecule has 0 amide bonds. The van der Waals surface area contributed by atoms with E-state index < -0.39 is 0 Å². The Morgan fingerprint density at radius 1 is 1.16 bits per heavy atom. The molecular formula is C15H13N3O. The number of nitrogens with zero attached hydrogens (tertiary/aromatic N) is 2. The van der Waals surface area contributed by atoms with E-state index in [-0.39, 0.29) is 5.75 Å². The molecule has 3 rings (SSSR count). The molecule has 94 valence electrons. The van der Waals surface area contributed by atoms with Gasteiger partial charge in [0.1, 0.15) is 11.6 Å². The molecule has 0 unspecified atom stereocenters. The predicted octanol–water partition coefficient (Wildman–Crippen LogP) is 3.33. The molecule has 2 aromatic carbocycles. The lowest BCUT2D eigenvalue weighted by atomic mass is 10.2. The van der Waals surface area contributed by atoms with E-state index >= 15 is 0 Å². The highest BCUT2D eigenvalue weighted by Crippen LogP contribution is 2.19. The first kappa shape index (κ1) is 11.5. The number of aryl methyl sites for hydroxylation is 1. The molecule has 0 aliphatic rings. The van der Waals surface area contributed by atoms with Gasteiger partial charge in [-0.25, -0.2) is 4.98 Å². The van der Waals surface area contributed by atoms with Crippen molar-refractivity contribution in [3.05, 3.63) is 53.9 Å². The smallest absolute Gasteiger partial charge is 0.115 e. The van der Waals surface area contributed by atoms with Crippen molar-refractivity contribution in [1.29, 1.82) is 0 Å². The monoisotopic (exact) mass is 251 g/mol. The normalized spacial score (nSPS) is 11.4. The predicted molar refractivity (Wildman–Crippen MR) is 76.2 cm³/mol. The standard InChI is InChI=1S/C15H13N3O/c1-10-17-14-7-4-12(8-15(14)18-10)16-9-11-2-5-13(19)6-3-11/h2-9,19H,1H3,(H,17,18). The number of phenolic OH excluding ortho intramolecular Hbond substituents is 1. The second kappa shape index (κ2) is 4.57. The first-order valence-electron chi connectivity index (χ1n) is 6.00. The largest absolute Gasteiger partial charge is 0.508 e. The summed E-state index contributed by atoms with van der Waals surface area (Å²) in [7, 11) is 0. The van der Waals surface area contributed by atoms with Crippen molar-refractivity contribution in [3.63, 3.8) is 0 Å². The molecule has 1 heterocycles. The molecule has 0 spiro atoms. The van der Waals surface area contributed by atoms with Gasteiger partial charge in [-0.3, -0.25) is 4.99 Å². The van der Waals surface area contributed by atoms with E-state index in [9.17, 15) is 5.11 Å². The molecule has 0 fully saturated rings. The number of aliphatic imine (C=N–C) groups is 1. The zero-order chi connectivity index (χ0) is 13.2. The fraction of sp³-hybridized carbons (Fsp3) is 0.0667. The second-order valence-corrected chi connectivity index (χ2v) is 4.37. The van der Waals surface area contributed by atoms with Gasteiger partial charge in [0, 0.05) is 6.21 Å². The summed E-state index contributed by atoms with van der Waals surface area (Å²) in [5.74, 6) is 1.15. The van der Waals surface area contributed by atoms with Gasteiger partial charge in [0.2, 0.25) is 0 Å². The third-order valence-corrected chi connectivity index (χ3v) is 2.84. The maximum atomic E-state index is 9.21. The zero-order valence-corrected chi connectivity index (χ0v) is 10.5. The van der Waals surface area contributed by atoms with Gasteiger partial charge >= 0.3 is 0 Å². The van der Waals surface area contributed by atoms with E-state index in [0.717, 1.165) is 28.1 Å². The van der Waals surface area contributed by atoms with Crippen molar-refractivity contribution in [2.24, 2.45) is 4.99 Å². The van der Waals surface area contributed by atoms with E-state index in [1.165, 1.54) is 0 Å². The highest BCUT2D eigenvalue weighted by molar-refractivity contribution is 5.84. The summed E-state index contributed by atoms with van der Waals surface area (Å²) in [5.41, 5.74) is 3.74. The van der Waals surface area contributed by atoms with Crippen LogP contribution in [0.4, 0.5) is 5.69 Å². The van der Waals surface area contributed by atoms with Crippen LogP contribution in [0.25, 0.3) is 11.0 Å². The maximum Gasteiger partial charge on any atom is 0.115 e. The van der Waals surface area contributed by atoms with Gasteiger partial charge in [-0.2, -0.15) is 0 Å². The van der Waals surface area contributed by atoms with Crippen LogP contribution >= 0.6 is 0 Å². The maximum absolute atomic E-state index is 9.21. The second-order valence-electron chi connectivity index (χ2n) is 4.37. The fourth-order valence-electron chi connectivity index (χ4n) is 1.91. The number of benzene rings is 2. The van der Waals surface area contributed by atoms with Crippen molar-refractivity contribution < 1.29 is 5.11 Å². The zero-order valence-electron chi connectivity index (χ0n) is 10.5. The Balaban J connectivity index is 1.89. The number of imidazole rings is 1. The van der Waals surface area contributed by atoms with Crippen LogP contribution in [0.5, 0.6) is 5.75 Å². The summed E-state index contributed by atoms with van der Waals surface area (Å²) in [5, 5.41) is 9.21. The van der Waals surface area contributed by atoms with Crippen molar-refractivity contribution in [3.8, 4) is 5.75 Å². The highest BCUT2D eigenvalue weighted by atomic mass is 16.3. The molecule has 0 saturated carbocycles. The first-order chi connectivity index (χ1) is 9.20. The van der Waals surface area contributed by atoms with Crippen LogP contribution in [-0.4, -0.2) is 21.3 Å². The molecule has 2 N–H and O–H groups in total. The number of hydrogen-bond donors (Lipinski definition) is 2. The molecular weight excluding hydrogens is 238 g/mol. The average molecular weight is 251 g/mol. The molecule has 0 atom stereocenters. The Kier molecular flexibility index (Phi) is 2.76. The summed E-state index contributed by atoms with van der Waals surface area (Å²) in [4.78, 5) is 11.9. The quantitative estimate of drug-likeness (QED) is 0.686. The Hall–Kier alpha value is -2.62. The topological polar surface area (TPSA) is 61.3 Å². The first-order valence-corrected chi connectivity index (χ1v) is 6.00. The van der Waals surface area contributed by atoms with E-state index in [1.807, 2.05) is 37.3 Å². The molecule has 0 radical (unpaired) electrons. The number of aromatic hydroxyl groups is 1. The lowest BCUT2D eigenvalue weighted by Gasteiger charge is -1.95. The third kappa shape index (κ3) is 2.47. The van der Waals surface area contributed by atoms with Crippen molar-refractivity contribution in [2.45, 2.75) is 6.92 Å². The summed E-state index contributed by atoms with van der Waals surface area (Å²) < 4.78 is 0. The summed E-state index contributed by atoms with van der Waals surface area (Å²) in [6.07, 6.45) is 1.77. The fourth-order valence-corrected chi connectivity index (χ4v) is 1.91. The van der Waals surface area contributed by atoms with Gasteiger partial charge < -0.3 is 10.1 Å². The molecule has 0 bridgehead atoms. The Morgan fingerprint density at radius 3 is 2.74 bits per heavy atom. The van der Waals surface area contributed by atoms with Gasteiger partial charge in [-0.15, -0.1) is 0 Å². The summed E-state index contributed by atoms with van der Waals surface area (Å²) in [6, 6.07) is 12.8. The molecule has 0 saturated heterocycles.